The van der Waals surface area contributed by atoms with Gasteiger partial charge in [0.15, 0.2) is 5.13 Å². The second kappa shape index (κ2) is 8.68. The predicted molar refractivity (Wildman–Crippen MR) is 87.1 cm³/mol. The molecule has 1 aromatic rings. The quantitative estimate of drug-likeness (QED) is 0.709. The molecule has 1 saturated heterocycles. The van der Waals surface area contributed by atoms with Crippen LogP contribution >= 0.6 is 11.3 Å². The van der Waals surface area contributed by atoms with Gasteiger partial charge >= 0.3 is 0 Å². The highest BCUT2D eigenvalue weighted by molar-refractivity contribution is 7.15. The molecule has 2 rings (SSSR count). The lowest BCUT2D eigenvalue weighted by Gasteiger charge is -2.22. The smallest absolute Gasteiger partial charge is 0.186 e. The van der Waals surface area contributed by atoms with E-state index in [1.165, 1.54) is 24.1 Å². The first-order valence-corrected chi connectivity index (χ1v) is 8.55. The first-order chi connectivity index (χ1) is 10.3. The van der Waals surface area contributed by atoms with Crippen molar-refractivity contribution >= 4 is 16.5 Å². The number of rotatable bonds is 9. The summed E-state index contributed by atoms with van der Waals surface area (Å²) in [5, 5.41) is 4.56. The van der Waals surface area contributed by atoms with Crippen LogP contribution in [-0.4, -0.2) is 44.9 Å². The summed E-state index contributed by atoms with van der Waals surface area (Å²) in [6, 6.07) is 0.654. The van der Waals surface area contributed by atoms with Crippen molar-refractivity contribution in [1.29, 1.82) is 0 Å². The van der Waals surface area contributed by atoms with E-state index in [4.69, 9.17) is 14.5 Å². The Hall–Kier alpha value is -0.690. The highest BCUT2D eigenvalue weighted by atomic mass is 32.1. The number of ether oxygens (including phenoxy) is 2. The molecule has 21 heavy (non-hydrogen) atoms. The van der Waals surface area contributed by atoms with Gasteiger partial charge in [-0.1, -0.05) is 6.92 Å². The molecule has 1 aliphatic rings. The molecule has 1 aliphatic heterocycles. The molecule has 1 atom stereocenters. The number of thiazole rings is 1. The van der Waals surface area contributed by atoms with E-state index in [1.807, 2.05) is 0 Å². The van der Waals surface area contributed by atoms with Crippen LogP contribution in [0.25, 0.3) is 0 Å². The van der Waals surface area contributed by atoms with Crippen molar-refractivity contribution in [3.8, 4) is 0 Å². The van der Waals surface area contributed by atoms with Crippen molar-refractivity contribution in [2.24, 2.45) is 0 Å². The van der Waals surface area contributed by atoms with Gasteiger partial charge in [-0.25, -0.2) is 4.98 Å². The van der Waals surface area contributed by atoms with Crippen LogP contribution in [0.3, 0.4) is 0 Å². The van der Waals surface area contributed by atoms with Crippen LogP contribution < -0.4 is 10.2 Å². The highest BCUT2D eigenvalue weighted by Crippen LogP contribution is 2.33. The van der Waals surface area contributed by atoms with Gasteiger partial charge < -0.3 is 19.7 Å². The van der Waals surface area contributed by atoms with Gasteiger partial charge in [0.2, 0.25) is 0 Å². The molecular formula is C15H27N3O2S. The molecule has 0 saturated carbocycles. The van der Waals surface area contributed by atoms with Crippen molar-refractivity contribution in [2.75, 3.05) is 38.8 Å². The number of hydrogen-bond donors (Lipinski definition) is 1. The summed E-state index contributed by atoms with van der Waals surface area (Å²) in [4.78, 5) is 8.58. The lowest BCUT2D eigenvalue weighted by molar-refractivity contribution is 0.181. The minimum atomic E-state index is 0.586. The average Bonchev–Trinajstić information content (AvgIpc) is 3.10. The Bertz CT molecular complexity index is 425. The fourth-order valence-corrected chi connectivity index (χ4v) is 3.90. The zero-order valence-electron chi connectivity index (χ0n) is 13.4. The Labute approximate surface area is 131 Å². The van der Waals surface area contributed by atoms with E-state index in [1.54, 1.807) is 25.6 Å². The summed E-state index contributed by atoms with van der Waals surface area (Å²) in [7, 11) is 3.45. The predicted octanol–water partition coefficient (Wildman–Crippen LogP) is 2.40. The maximum Gasteiger partial charge on any atom is 0.186 e. The van der Waals surface area contributed by atoms with Gasteiger partial charge in [-0.15, -0.1) is 11.3 Å². The maximum atomic E-state index is 5.30. The third-order valence-electron chi connectivity index (χ3n) is 3.91. The van der Waals surface area contributed by atoms with E-state index >= 15 is 0 Å². The SMILES string of the molecule is CCC1CCCN1c1nc(COC)c(CNCCOC)s1. The summed E-state index contributed by atoms with van der Waals surface area (Å²) < 4.78 is 10.4. The molecule has 1 fully saturated rings. The van der Waals surface area contributed by atoms with Crippen molar-refractivity contribution in [2.45, 2.75) is 45.4 Å². The Morgan fingerprint density at radius 1 is 1.38 bits per heavy atom. The molecule has 2 heterocycles. The van der Waals surface area contributed by atoms with Crippen molar-refractivity contribution in [1.82, 2.24) is 10.3 Å². The molecule has 0 bridgehead atoms. The normalized spacial score (nSPS) is 18.6. The van der Waals surface area contributed by atoms with Gasteiger partial charge in [-0.2, -0.15) is 0 Å². The van der Waals surface area contributed by atoms with Gasteiger partial charge in [0.1, 0.15) is 0 Å². The maximum absolute atomic E-state index is 5.30. The third kappa shape index (κ3) is 4.39. The lowest BCUT2D eigenvalue weighted by Crippen LogP contribution is -2.28. The summed E-state index contributed by atoms with van der Waals surface area (Å²) in [6.45, 7) is 6.41. The number of nitrogens with one attached hydrogen (secondary N) is 1. The molecule has 0 aliphatic carbocycles. The number of aromatic nitrogens is 1. The Morgan fingerprint density at radius 3 is 2.95 bits per heavy atom. The van der Waals surface area contributed by atoms with Crippen molar-refractivity contribution in [3.63, 3.8) is 0 Å². The molecular weight excluding hydrogens is 286 g/mol. The van der Waals surface area contributed by atoms with Crippen LogP contribution in [0.1, 0.15) is 36.8 Å². The molecule has 0 aromatic carbocycles. The van der Waals surface area contributed by atoms with Crippen LogP contribution in [0.2, 0.25) is 0 Å². The largest absolute Gasteiger partial charge is 0.383 e. The fraction of sp³-hybridized carbons (Fsp3) is 0.800. The molecule has 5 nitrogen and oxygen atoms in total. The first-order valence-electron chi connectivity index (χ1n) is 7.74. The Balaban J connectivity index is 2.05. The van der Waals surface area contributed by atoms with Gasteiger partial charge in [0, 0.05) is 44.8 Å². The number of hydrogen-bond acceptors (Lipinski definition) is 6. The topological polar surface area (TPSA) is 46.6 Å². The number of methoxy groups -OCH3 is 2. The van der Waals surface area contributed by atoms with Crippen LogP contribution in [0.15, 0.2) is 0 Å². The van der Waals surface area contributed by atoms with E-state index in [0.29, 0.717) is 12.6 Å². The second-order valence-corrected chi connectivity index (χ2v) is 6.43. The fourth-order valence-electron chi connectivity index (χ4n) is 2.77. The zero-order valence-corrected chi connectivity index (χ0v) is 14.2. The summed E-state index contributed by atoms with van der Waals surface area (Å²) in [5.41, 5.74) is 1.07. The van der Waals surface area contributed by atoms with Crippen LogP contribution in [-0.2, 0) is 22.6 Å². The monoisotopic (exact) mass is 313 g/mol. The van der Waals surface area contributed by atoms with Crippen LogP contribution in [0.5, 0.6) is 0 Å². The molecule has 0 spiro atoms. The molecule has 1 unspecified atom stereocenters. The highest BCUT2D eigenvalue weighted by Gasteiger charge is 2.26. The van der Waals surface area contributed by atoms with Gasteiger partial charge in [-0.3, -0.25) is 0 Å². The minimum absolute atomic E-state index is 0.586. The molecule has 0 radical (unpaired) electrons. The molecule has 1 aromatic heterocycles. The van der Waals surface area contributed by atoms with Gasteiger partial charge in [0.05, 0.1) is 18.9 Å². The molecule has 120 valence electrons. The molecule has 6 heteroatoms. The summed E-state index contributed by atoms with van der Waals surface area (Å²) >= 11 is 1.81. The van der Waals surface area contributed by atoms with Crippen LogP contribution in [0.4, 0.5) is 5.13 Å². The Kier molecular flexibility index (Phi) is 6.89. The number of nitrogens with zero attached hydrogens (tertiary/aromatic N) is 2. The third-order valence-corrected chi connectivity index (χ3v) is 5.05. The standard InChI is InChI=1S/C15H27N3O2S/c1-4-12-6-5-8-18(12)15-17-13(11-20-3)14(21-15)10-16-7-9-19-2/h12,16H,4-11H2,1-3H3. The second-order valence-electron chi connectivity index (χ2n) is 5.37. The number of anilines is 1. The lowest BCUT2D eigenvalue weighted by atomic mass is 10.2. The van der Waals surface area contributed by atoms with Crippen LogP contribution in [0, 0.1) is 0 Å². The Morgan fingerprint density at radius 2 is 2.24 bits per heavy atom. The molecule has 0 amide bonds. The van der Waals surface area contributed by atoms with Crippen molar-refractivity contribution < 1.29 is 9.47 Å². The molecule has 1 N–H and O–H groups in total. The van der Waals surface area contributed by atoms with E-state index in [-0.39, 0.29) is 0 Å². The van der Waals surface area contributed by atoms with E-state index in [2.05, 4.69) is 17.1 Å². The minimum Gasteiger partial charge on any atom is -0.383 e. The van der Waals surface area contributed by atoms with E-state index < -0.39 is 0 Å². The van der Waals surface area contributed by atoms with E-state index in [0.717, 1.165) is 37.1 Å². The van der Waals surface area contributed by atoms with E-state index in [9.17, 15) is 0 Å². The average molecular weight is 313 g/mol. The van der Waals surface area contributed by atoms with Gasteiger partial charge in [-0.05, 0) is 19.3 Å². The summed E-state index contributed by atoms with van der Waals surface area (Å²) in [5.74, 6) is 0. The zero-order chi connectivity index (χ0) is 15.1. The summed E-state index contributed by atoms with van der Waals surface area (Å²) in [6.07, 6.45) is 3.76. The van der Waals surface area contributed by atoms with Gasteiger partial charge in [0.25, 0.3) is 0 Å². The van der Waals surface area contributed by atoms with Crippen molar-refractivity contribution in [3.05, 3.63) is 10.6 Å². The first kappa shape index (κ1) is 16.7.